The lowest BCUT2D eigenvalue weighted by molar-refractivity contribution is 0.176. The Labute approximate surface area is 210 Å². The molecule has 0 aliphatic carbocycles. The van der Waals surface area contributed by atoms with Crippen molar-refractivity contribution in [3.63, 3.8) is 0 Å². The molecule has 10 heteroatoms. The van der Waals surface area contributed by atoms with Crippen molar-refractivity contribution in [2.75, 3.05) is 18.8 Å². The van der Waals surface area contributed by atoms with Crippen LogP contribution in [0.1, 0.15) is 44.1 Å². The van der Waals surface area contributed by atoms with E-state index in [1.807, 2.05) is 6.07 Å². The quantitative estimate of drug-likeness (QED) is 0.487. The smallest absolute Gasteiger partial charge is 0.186 e. The minimum absolute atomic E-state index is 0. The van der Waals surface area contributed by atoms with Crippen molar-refractivity contribution >= 4 is 44.5 Å². The van der Waals surface area contributed by atoms with Crippen LogP contribution in [0.4, 0.5) is 0 Å². The van der Waals surface area contributed by atoms with Gasteiger partial charge in [0.1, 0.15) is 5.25 Å². The molecule has 0 aromatic heterocycles. The molecule has 0 radical (unpaired) electrons. The molecule has 3 rings (SSSR count). The zero-order valence-electron chi connectivity index (χ0n) is 19.4. The van der Waals surface area contributed by atoms with Crippen LogP contribution in [0.25, 0.3) is 0 Å². The van der Waals surface area contributed by atoms with Crippen molar-refractivity contribution in [1.82, 2.24) is 10.2 Å². The van der Waals surface area contributed by atoms with Gasteiger partial charge in [0.25, 0.3) is 0 Å². The fourth-order valence-corrected chi connectivity index (χ4v) is 8.74. The lowest BCUT2D eigenvalue weighted by Gasteiger charge is -2.30. The van der Waals surface area contributed by atoms with Crippen molar-refractivity contribution in [3.05, 3.63) is 59.7 Å². The van der Waals surface area contributed by atoms with Crippen LogP contribution in [0.5, 0.6) is 0 Å². The SMILES string of the molecule is CC(C)N(CCNCc1cccc2c1C(S(=O)(=O)c1ccccc1)CS2(=O)=O)C(C)C.Cl.Cl. The van der Waals surface area contributed by atoms with Gasteiger partial charge in [0.05, 0.1) is 15.5 Å². The summed E-state index contributed by atoms with van der Waals surface area (Å²) in [7, 11) is -7.48. The van der Waals surface area contributed by atoms with Crippen molar-refractivity contribution in [2.45, 2.75) is 61.4 Å². The van der Waals surface area contributed by atoms with Gasteiger partial charge in [-0.05, 0) is 57.0 Å². The summed E-state index contributed by atoms with van der Waals surface area (Å²) >= 11 is 0. The molecule has 0 saturated heterocycles. The Morgan fingerprint density at radius 2 is 1.58 bits per heavy atom. The van der Waals surface area contributed by atoms with Gasteiger partial charge in [0, 0.05) is 31.7 Å². The molecule has 33 heavy (non-hydrogen) atoms. The maximum absolute atomic E-state index is 13.3. The van der Waals surface area contributed by atoms with Gasteiger partial charge in [0.2, 0.25) is 0 Å². The van der Waals surface area contributed by atoms with Gasteiger partial charge < -0.3 is 5.32 Å². The van der Waals surface area contributed by atoms with Crippen LogP contribution in [-0.4, -0.2) is 52.7 Å². The zero-order chi connectivity index (χ0) is 22.8. The number of nitrogens with zero attached hydrogens (tertiary/aromatic N) is 1. The molecule has 1 aliphatic heterocycles. The van der Waals surface area contributed by atoms with E-state index in [1.54, 1.807) is 24.3 Å². The van der Waals surface area contributed by atoms with E-state index in [4.69, 9.17) is 0 Å². The zero-order valence-corrected chi connectivity index (χ0v) is 22.7. The third-order valence-corrected chi connectivity index (χ3v) is 9.91. The number of sulfone groups is 2. The Kier molecular flexibility index (Phi) is 10.9. The number of halogens is 2. The largest absolute Gasteiger partial charge is 0.311 e. The Balaban J connectivity index is 0.00000272. The van der Waals surface area contributed by atoms with E-state index >= 15 is 0 Å². The molecule has 1 unspecified atom stereocenters. The normalized spacial score (nSPS) is 17.0. The summed E-state index contributed by atoms with van der Waals surface area (Å²) in [4.78, 5) is 2.66. The van der Waals surface area contributed by atoms with E-state index in [0.29, 0.717) is 24.2 Å². The monoisotopic (exact) mass is 536 g/mol. The number of hydrogen-bond acceptors (Lipinski definition) is 6. The van der Waals surface area contributed by atoms with Crippen LogP contribution in [0.3, 0.4) is 0 Å². The molecule has 2 aromatic rings. The lowest BCUT2D eigenvalue weighted by atomic mass is 10.1. The minimum Gasteiger partial charge on any atom is -0.311 e. The molecule has 6 nitrogen and oxygen atoms in total. The van der Waals surface area contributed by atoms with Gasteiger partial charge in [0.15, 0.2) is 19.7 Å². The molecule has 2 aromatic carbocycles. The number of rotatable bonds is 9. The third-order valence-electron chi connectivity index (χ3n) is 5.82. The summed E-state index contributed by atoms with van der Waals surface area (Å²) in [6.45, 7) is 10.6. The first-order valence-corrected chi connectivity index (χ1v) is 13.9. The van der Waals surface area contributed by atoms with E-state index in [0.717, 1.165) is 18.7 Å². The average molecular weight is 538 g/mol. The van der Waals surface area contributed by atoms with Crippen molar-refractivity contribution in [3.8, 4) is 0 Å². The van der Waals surface area contributed by atoms with Gasteiger partial charge in [-0.15, -0.1) is 24.8 Å². The average Bonchev–Trinajstić information content (AvgIpc) is 3.00. The maximum atomic E-state index is 13.3. The van der Waals surface area contributed by atoms with Crippen molar-refractivity contribution in [2.24, 2.45) is 0 Å². The summed E-state index contributed by atoms with van der Waals surface area (Å²) < 4.78 is 52.2. The molecule has 0 amide bonds. The van der Waals surface area contributed by atoms with E-state index in [1.165, 1.54) is 18.2 Å². The van der Waals surface area contributed by atoms with Gasteiger partial charge >= 0.3 is 0 Å². The highest BCUT2D eigenvalue weighted by Crippen LogP contribution is 2.42. The molecule has 1 heterocycles. The Morgan fingerprint density at radius 1 is 0.970 bits per heavy atom. The topological polar surface area (TPSA) is 83.6 Å². The Hall–Kier alpha value is -1.16. The lowest BCUT2D eigenvalue weighted by Crippen LogP contribution is -2.41. The van der Waals surface area contributed by atoms with E-state index in [2.05, 4.69) is 37.9 Å². The highest BCUT2D eigenvalue weighted by atomic mass is 35.5. The van der Waals surface area contributed by atoms with E-state index < -0.39 is 30.7 Å². The van der Waals surface area contributed by atoms with Crippen molar-refractivity contribution in [1.29, 1.82) is 0 Å². The molecule has 1 atom stereocenters. The molecular formula is C23H34Cl2N2O4S2. The summed E-state index contributed by atoms with van der Waals surface area (Å²) in [5.74, 6) is -0.412. The first-order chi connectivity index (χ1) is 14.6. The number of benzene rings is 2. The maximum Gasteiger partial charge on any atom is 0.186 e. The fraction of sp³-hybridized carbons (Fsp3) is 0.478. The molecule has 0 spiro atoms. The molecule has 0 saturated carbocycles. The van der Waals surface area contributed by atoms with Gasteiger partial charge in [-0.1, -0.05) is 30.3 Å². The van der Waals surface area contributed by atoms with E-state index in [-0.39, 0.29) is 34.6 Å². The van der Waals surface area contributed by atoms with Crippen LogP contribution >= 0.6 is 24.8 Å². The van der Waals surface area contributed by atoms with Crippen LogP contribution in [-0.2, 0) is 26.2 Å². The van der Waals surface area contributed by atoms with Gasteiger partial charge in [-0.3, -0.25) is 4.90 Å². The number of fused-ring (bicyclic) bond motifs is 1. The third kappa shape index (κ3) is 6.50. The second-order valence-electron chi connectivity index (χ2n) is 8.56. The van der Waals surface area contributed by atoms with Crippen LogP contribution in [0.15, 0.2) is 58.3 Å². The highest BCUT2D eigenvalue weighted by molar-refractivity contribution is 7.96. The molecule has 1 N–H and O–H groups in total. The predicted octanol–water partition coefficient (Wildman–Crippen LogP) is 4.04. The first-order valence-electron chi connectivity index (χ1n) is 10.7. The fourth-order valence-electron chi connectivity index (χ4n) is 4.32. The molecular weight excluding hydrogens is 503 g/mol. The van der Waals surface area contributed by atoms with Gasteiger partial charge in [-0.25, -0.2) is 16.8 Å². The van der Waals surface area contributed by atoms with Crippen LogP contribution < -0.4 is 5.32 Å². The highest BCUT2D eigenvalue weighted by Gasteiger charge is 2.44. The van der Waals surface area contributed by atoms with Gasteiger partial charge in [-0.2, -0.15) is 0 Å². The minimum atomic E-state index is -3.83. The molecule has 1 aliphatic rings. The second kappa shape index (κ2) is 12.0. The molecule has 0 bridgehead atoms. The summed E-state index contributed by atoms with van der Waals surface area (Å²) in [6.07, 6.45) is 0. The van der Waals surface area contributed by atoms with Crippen LogP contribution in [0.2, 0.25) is 0 Å². The summed E-state index contributed by atoms with van der Waals surface area (Å²) in [5, 5.41) is 2.29. The molecule has 0 fully saturated rings. The van der Waals surface area contributed by atoms with E-state index in [9.17, 15) is 16.8 Å². The van der Waals surface area contributed by atoms with Crippen LogP contribution in [0, 0.1) is 0 Å². The Morgan fingerprint density at radius 3 is 2.15 bits per heavy atom. The number of nitrogens with one attached hydrogen (secondary N) is 1. The second-order valence-corrected chi connectivity index (χ2v) is 12.7. The van der Waals surface area contributed by atoms with Crippen molar-refractivity contribution < 1.29 is 16.8 Å². The summed E-state index contributed by atoms with van der Waals surface area (Å²) in [5.41, 5.74) is 1.15. The Bertz CT molecular complexity index is 1110. The summed E-state index contributed by atoms with van der Waals surface area (Å²) in [6, 6.07) is 14.0. The predicted molar refractivity (Wildman–Crippen MR) is 138 cm³/mol. The number of hydrogen-bond donors (Lipinski definition) is 1. The molecule has 186 valence electrons. The first kappa shape index (κ1) is 29.9. The standard InChI is InChI=1S/C23H32N2O4S2.2ClH/c1-17(2)25(18(3)4)14-13-24-15-19-9-8-12-21-23(19)22(16-30(21,26)27)31(28,29)20-10-6-5-7-11-20;;/h5-12,17-18,22,24H,13-16H2,1-4H3;2*1H.